The summed E-state index contributed by atoms with van der Waals surface area (Å²) >= 11 is 1.92. The van der Waals surface area contributed by atoms with Gasteiger partial charge in [0.25, 0.3) is 0 Å². The molecule has 0 rings (SSSR count). The van der Waals surface area contributed by atoms with Gasteiger partial charge >= 0.3 is 0 Å². The molecule has 0 saturated carbocycles. The van der Waals surface area contributed by atoms with Gasteiger partial charge in [-0.3, -0.25) is 0 Å². The summed E-state index contributed by atoms with van der Waals surface area (Å²) in [6.07, 6.45) is 14.2. The van der Waals surface area contributed by atoms with Crippen molar-refractivity contribution in [1.82, 2.24) is 0 Å². The Morgan fingerprint density at radius 1 is 0.815 bits per heavy atom. The fraction of sp³-hybridized carbons (Fsp3) is 0.826. The van der Waals surface area contributed by atoms with Crippen molar-refractivity contribution >= 4 is 19.8 Å². The van der Waals surface area contributed by atoms with Gasteiger partial charge in [0.15, 0.2) is 0 Å². The molecule has 0 aliphatic rings. The van der Waals surface area contributed by atoms with Crippen LogP contribution < -0.4 is 24.0 Å². The van der Waals surface area contributed by atoms with Crippen molar-refractivity contribution in [3.8, 4) is 0 Å². The van der Waals surface area contributed by atoms with Crippen LogP contribution in [0.4, 0.5) is 0 Å². The Bertz CT molecular complexity index is 402. The largest absolute Gasteiger partial charge is 1.00 e. The summed E-state index contributed by atoms with van der Waals surface area (Å²) in [4.78, 5) is 1.25. The lowest BCUT2D eigenvalue weighted by atomic mass is 10.1. The molecule has 0 atom stereocenters. The third-order valence-electron chi connectivity index (χ3n) is 5.35. The molecule has 0 unspecified atom stereocenters. The molecule has 27 heavy (non-hydrogen) atoms. The number of hydrogen-bond donors (Lipinski definition) is 0. The van der Waals surface area contributed by atoms with Crippen LogP contribution in [0.3, 0.4) is 0 Å². The van der Waals surface area contributed by atoms with Crippen molar-refractivity contribution in [3.63, 3.8) is 0 Å². The summed E-state index contributed by atoms with van der Waals surface area (Å²) in [5.74, 6) is 1.14. The number of nitrogens with zero attached hydrogens (tertiary/aromatic N) is 1. The van der Waals surface area contributed by atoms with E-state index in [-0.39, 0.29) is 24.0 Å². The average molecular weight is 526 g/mol. The second-order valence-corrected chi connectivity index (χ2v) is 15.6. The minimum absolute atomic E-state index is 0. The number of halogens is 1. The Kier molecular flexibility index (Phi) is 18.3. The predicted octanol–water partition coefficient (Wildman–Crippen LogP) is 4.67. The Hall–Kier alpha value is 0.737. The number of thioether (sulfide) groups is 1. The maximum absolute atomic E-state index is 4.44. The van der Waals surface area contributed by atoms with E-state index in [1.54, 1.807) is 0 Å². The number of rotatable bonds is 17. The van der Waals surface area contributed by atoms with Crippen molar-refractivity contribution < 1.29 is 28.5 Å². The van der Waals surface area contributed by atoms with E-state index in [9.17, 15) is 0 Å². The first-order valence-corrected chi connectivity index (χ1v) is 15.1. The highest BCUT2D eigenvalue weighted by atomic mass is 127. The summed E-state index contributed by atoms with van der Waals surface area (Å²) in [6, 6.07) is 1.37. The SMILES string of the molecule is C=C(SCC[N+](C)(C)C)C(=C)[Si](C)(C)CCCCCCCCCCCC.[I-]. The van der Waals surface area contributed by atoms with Gasteiger partial charge in [-0.15, -0.1) is 11.8 Å². The van der Waals surface area contributed by atoms with Gasteiger partial charge in [0.1, 0.15) is 0 Å². The van der Waals surface area contributed by atoms with Gasteiger partial charge in [-0.2, -0.15) is 0 Å². The Balaban J connectivity index is 0. The van der Waals surface area contributed by atoms with E-state index in [0.717, 1.165) is 10.2 Å². The summed E-state index contributed by atoms with van der Waals surface area (Å²) < 4.78 is 1.02. The molecule has 0 bridgehead atoms. The monoisotopic (exact) mass is 525 g/mol. The third kappa shape index (κ3) is 17.3. The van der Waals surface area contributed by atoms with Gasteiger partial charge in [0.2, 0.25) is 0 Å². The van der Waals surface area contributed by atoms with E-state index in [1.807, 2.05) is 11.8 Å². The molecule has 0 saturated heterocycles. The van der Waals surface area contributed by atoms with Gasteiger partial charge in [-0.25, -0.2) is 0 Å². The molecule has 1 nitrogen and oxygen atoms in total. The van der Waals surface area contributed by atoms with Crippen LogP contribution in [0.25, 0.3) is 0 Å². The first-order chi connectivity index (χ1) is 12.1. The quantitative estimate of drug-likeness (QED) is 0.0875. The summed E-state index contributed by atoms with van der Waals surface area (Å²) in [5.41, 5.74) is 0. The molecule has 4 heteroatoms. The summed E-state index contributed by atoms with van der Waals surface area (Å²) in [5, 5.41) is 1.39. The van der Waals surface area contributed by atoms with E-state index in [1.165, 1.54) is 86.9 Å². The van der Waals surface area contributed by atoms with Crippen LogP contribution in [0.1, 0.15) is 71.1 Å². The zero-order valence-corrected chi connectivity index (χ0v) is 23.3. The number of allylic oxidation sites excluding steroid dienone is 1. The molecule has 0 N–H and O–H groups in total. The molecule has 0 amide bonds. The standard InChI is InChI=1S/C23H48NSSi.HI/c1-9-10-11-12-13-14-15-16-17-18-21-26(7,8)23(3)22(2)25-20-19-24(4,5)6;/h2-3,9-21H2,1,4-8H3;1H/q+1;/p-1. The molecular weight excluding hydrogens is 477 g/mol. The van der Waals surface area contributed by atoms with Gasteiger partial charge in [0.05, 0.1) is 35.8 Å². The molecule has 0 aromatic carbocycles. The van der Waals surface area contributed by atoms with Crippen molar-refractivity contribution in [3.05, 3.63) is 23.3 Å². The molecule has 0 aromatic rings. The van der Waals surface area contributed by atoms with Gasteiger partial charge in [0, 0.05) is 5.75 Å². The van der Waals surface area contributed by atoms with Gasteiger partial charge in [-0.05, 0) is 4.91 Å². The Morgan fingerprint density at radius 2 is 1.26 bits per heavy atom. The zero-order valence-electron chi connectivity index (χ0n) is 19.3. The maximum atomic E-state index is 4.44. The normalized spacial score (nSPS) is 11.9. The second-order valence-electron chi connectivity index (χ2n) is 9.58. The lowest BCUT2D eigenvalue weighted by molar-refractivity contribution is -0.867. The van der Waals surface area contributed by atoms with E-state index < -0.39 is 8.07 Å². The van der Waals surface area contributed by atoms with Crippen LogP contribution in [-0.4, -0.2) is 46.0 Å². The fourth-order valence-corrected chi connectivity index (χ4v) is 7.41. The fourth-order valence-electron chi connectivity index (χ4n) is 3.11. The molecule has 0 heterocycles. The van der Waals surface area contributed by atoms with Crippen LogP contribution in [-0.2, 0) is 0 Å². The van der Waals surface area contributed by atoms with Crippen LogP contribution in [0.2, 0.25) is 19.1 Å². The van der Waals surface area contributed by atoms with E-state index in [4.69, 9.17) is 0 Å². The molecule has 0 fully saturated rings. The highest BCUT2D eigenvalue weighted by Gasteiger charge is 2.26. The lowest BCUT2D eigenvalue weighted by Gasteiger charge is -2.27. The molecule has 0 aliphatic carbocycles. The Morgan fingerprint density at radius 3 is 1.70 bits per heavy atom. The lowest BCUT2D eigenvalue weighted by Crippen LogP contribution is -3.00. The molecule has 0 aliphatic heterocycles. The van der Waals surface area contributed by atoms with Crippen LogP contribution >= 0.6 is 11.8 Å². The van der Waals surface area contributed by atoms with Crippen LogP contribution in [0.15, 0.2) is 23.3 Å². The number of unbranched alkanes of at least 4 members (excludes halogenated alkanes) is 9. The zero-order chi connectivity index (χ0) is 20.1. The van der Waals surface area contributed by atoms with Crippen LogP contribution in [0, 0.1) is 0 Å². The van der Waals surface area contributed by atoms with Crippen molar-refractivity contribution in [2.75, 3.05) is 33.4 Å². The topological polar surface area (TPSA) is 0 Å². The van der Waals surface area contributed by atoms with Gasteiger partial charge in [-0.1, -0.05) is 109 Å². The van der Waals surface area contributed by atoms with E-state index in [2.05, 4.69) is 54.3 Å². The second kappa shape index (κ2) is 16.5. The third-order valence-corrected chi connectivity index (χ3v) is 10.0. The molecule has 0 aromatic heterocycles. The van der Waals surface area contributed by atoms with Crippen molar-refractivity contribution in [1.29, 1.82) is 0 Å². The smallest absolute Gasteiger partial charge is 0.0875 e. The minimum Gasteiger partial charge on any atom is -1.00 e. The molecule has 0 radical (unpaired) electrons. The number of quaternary nitrogens is 1. The first-order valence-electron chi connectivity index (χ1n) is 10.9. The number of hydrogen-bond acceptors (Lipinski definition) is 1. The average Bonchev–Trinajstić information content (AvgIpc) is 2.54. The summed E-state index contributed by atoms with van der Waals surface area (Å²) in [6.45, 7) is 17.2. The molecule has 0 spiro atoms. The summed E-state index contributed by atoms with van der Waals surface area (Å²) in [7, 11) is 5.38. The van der Waals surface area contributed by atoms with Crippen molar-refractivity contribution in [2.24, 2.45) is 0 Å². The van der Waals surface area contributed by atoms with E-state index >= 15 is 0 Å². The van der Waals surface area contributed by atoms with Crippen LogP contribution in [0.5, 0.6) is 0 Å². The van der Waals surface area contributed by atoms with Gasteiger partial charge < -0.3 is 28.5 Å². The van der Waals surface area contributed by atoms with Crippen molar-refractivity contribution in [2.45, 2.75) is 90.3 Å². The highest BCUT2D eigenvalue weighted by molar-refractivity contribution is 8.03. The Labute approximate surface area is 194 Å². The first kappa shape index (κ1) is 29.9. The molecular formula is C23H48INSSi. The van der Waals surface area contributed by atoms with E-state index in [0.29, 0.717) is 0 Å². The minimum atomic E-state index is -1.38. The highest BCUT2D eigenvalue weighted by Crippen LogP contribution is 2.32. The molecule has 162 valence electrons. The predicted molar refractivity (Wildman–Crippen MR) is 128 cm³/mol. The maximum Gasteiger partial charge on any atom is 0.0875 e.